The first-order valence-corrected chi connectivity index (χ1v) is 9.05. The summed E-state index contributed by atoms with van der Waals surface area (Å²) in [6, 6.07) is 14.1. The number of likely N-dealkylation sites (tertiary alicyclic amines) is 1. The Morgan fingerprint density at radius 3 is 2.30 bits per heavy atom. The molecule has 2 aromatic carbocycles. The van der Waals surface area contributed by atoms with Crippen LogP contribution in [-0.4, -0.2) is 37.0 Å². The van der Waals surface area contributed by atoms with E-state index in [4.69, 9.17) is 0 Å². The molecular weight excluding hydrogens is 381 g/mol. The lowest BCUT2D eigenvalue weighted by molar-refractivity contribution is 0.0782. The Kier molecular flexibility index (Phi) is 7.15. The van der Waals surface area contributed by atoms with Crippen molar-refractivity contribution in [1.82, 2.24) is 10.2 Å². The third kappa shape index (κ3) is 4.23. The molecule has 2 fully saturated rings. The molecule has 0 aromatic heterocycles. The molecule has 2 aliphatic rings. The topological polar surface area (TPSA) is 44.4 Å². The van der Waals surface area contributed by atoms with Gasteiger partial charge in [-0.3, -0.25) is 4.79 Å². The molecule has 2 aliphatic heterocycles. The Bertz CT molecular complexity index is 800. The van der Waals surface area contributed by atoms with E-state index in [9.17, 15) is 4.79 Å². The highest BCUT2D eigenvalue weighted by Crippen LogP contribution is 2.30. The number of rotatable bonds is 3. The van der Waals surface area contributed by atoms with Crippen molar-refractivity contribution in [1.29, 1.82) is 0 Å². The summed E-state index contributed by atoms with van der Waals surface area (Å²) in [6.45, 7) is 8.03. The number of para-hydroxylation sites is 1. The molecule has 4 nitrogen and oxygen atoms in total. The van der Waals surface area contributed by atoms with Gasteiger partial charge in [-0.25, -0.2) is 0 Å². The van der Waals surface area contributed by atoms with Gasteiger partial charge in [0.05, 0.1) is 11.3 Å². The lowest BCUT2D eigenvalue weighted by Crippen LogP contribution is -2.32. The highest BCUT2D eigenvalue weighted by molar-refractivity contribution is 6.00. The molecule has 1 amide bonds. The average molecular weight is 408 g/mol. The van der Waals surface area contributed by atoms with E-state index in [1.165, 1.54) is 11.1 Å². The molecule has 2 saturated heterocycles. The van der Waals surface area contributed by atoms with Gasteiger partial charge < -0.3 is 15.5 Å². The summed E-state index contributed by atoms with van der Waals surface area (Å²) in [5, 5.41) is 6.91. The Morgan fingerprint density at radius 2 is 1.59 bits per heavy atom. The summed E-state index contributed by atoms with van der Waals surface area (Å²) >= 11 is 0. The fourth-order valence-corrected chi connectivity index (χ4v) is 4.00. The van der Waals surface area contributed by atoms with Crippen molar-refractivity contribution in [3.8, 4) is 0 Å². The number of fused-ring (bicyclic) bond motifs is 1. The molecule has 27 heavy (non-hydrogen) atoms. The van der Waals surface area contributed by atoms with Crippen molar-refractivity contribution in [3.05, 3.63) is 59.2 Å². The number of hydrogen-bond acceptors (Lipinski definition) is 3. The van der Waals surface area contributed by atoms with Crippen LogP contribution in [0.2, 0.25) is 0 Å². The smallest absolute Gasteiger partial charge is 0.255 e. The first-order chi connectivity index (χ1) is 12.1. The number of nitrogens with one attached hydrogen (secondary N) is 2. The van der Waals surface area contributed by atoms with Crippen LogP contribution in [0, 0.1) is 25.7 Å². The van der Waals surface area contributed by atoms with Crippen molar-refractivity contribution >= 4 is 42.1 Å². The van der Waals surface area contributed by atoms with Crippen LogP contribution in [0.5, 0.6) is 0 Å². The second kappa shape index (κ2) is 8.96. The van der Waals surface area contributed by atoms with Gasteiger partial charge in [-0.05, 0) is 55.0 Å². The van der Waals surface area contributed by atoms with E-state index in [2.05, 4.69) is 36.6 Å². The number of carbonyl (C=O) groups excluding carboxylic acids is 1. The first-order valence-electron chi connectivity index (χ1n) is 9.05. The van der Waals surface area contributed by atoms with Crippen LogP contribution in [0.4, 0.5) is 11.4 Å². The van der Waals surface area contributed by atoms with Crippen molar-refractivity contribution in [2.24, 2.45) is 11.8 Å². The molecule has 0 bridgehead atoms. The molecule has 2 aromatic rings. The number of hydrogen-bond donors (Lipinski definition) is 2. The molecular formula is C21H27Cl2N3O. The number of carbonyl (C=O) groups is 1. The quantitative estimate of drug-likeness (QED) is 0.801. The zero-order valence-electron chi connectivity index (χ0n) is 15.7. The summed E-state index contributed by atoms with van der Waals surface area (Å²) in [6.07, 6.45) is 0. The molecule has 4 rings (SSSR count). The molecule has 146 valence electrons. The van der Waals surface area contributed by atoms with Crippen molar-refractivity contribution in [2.45, 2.75) is 13.8 Å². The van der Waals surface area contributed by atoms with Crippen LogP contribution in [0.25, 0.3) is 0 Å². The van der Waals surface area contributed by atoms with E-state index < -0.39 is 0 Å². The highest BCUT2D eigenvalue weighted by atomic mass is 35.5. The number of aryl methyl sites for hydroxylation is 1. The predicted octanol–water partition coefficient (Wildman–Crippen LogP) is 4.18. The van der Waals surface area contributed by atoms with Crippen molar-refractivity contribution in [2.75, 3.05) is 31.5 Å². The predicted molar refractivity (Wildman–Crippen MR) is 116 cm³/mol. The third-order valence-electron chi connectivity index (χ3n) is 5.71. The second-order valence-electron chi connectivity index (χ2n) is 7.31. The van der Waals surface area contributed by atoms with Gasteiger partial charge in [-0.2, -0.15) is 0 Å². The second-order valence-corrected chi connectivity index (χ2v) is 7.31. The number of anilines is 2. The molecule has 0 aliphatic carbocycles. The van der Waals surface area contributed by atoms with Gasteiger partial charge >= 0.3 is 0 Å². The number of benzene rings is 2. The van der Waals surface area contributed by atoms with Crippen LogP contribution in [0.15, 0.2) is 42.5 Å². The maximum Gasteiger partial charge on any atom is 0.255 e. The summed E-state index contributed by atoms with van der Waals surface area (Å²) in [7, 11) is 0. The molecule has 0 radical (unpaired) electrons. The summed E-state index contributed by atoms with van der Waals surface area (Å²) in [5.74, 6) is 1.37. The van der Waals surface area contributed by atoms with Gasteiger partial charge in [0.15, 0.2) is 0 Å². The molecule has 2 heterocycles. The lowest BCUT2D eigenvalue weighted by Gasteiger charge is -2.20. The maximum atomic E-state index is 13.1. The normalized spacial score (nSPS) is 20.4. The minimum Gasteiger partial charge on any atom is -0.355 e. The molecule has 0 unspecified atom stereocenters. The molecule has 2 N–H and O–H groups in total. The van der Waals surface area contributed by atoms with Crippen LogP contribution in [-0.2, 0) is 0 Å². The number of halogens is 2. The van der Waals surface area contributed by atoms with E-state index in [-0.39, 0.29) is 30.7 Å². The van der Waals surface area contributed by atoms with E-state index in [1.54, 1.807) is 0 Å². The van der Waals surface area contributed by atoms with Crippen LogP contribution in [0.3, 0.4) is 0 Å². The maximum absolute atomic E-state index is 13.1. The Balaban J connectivity index is 0.00000131. The highest BCUT2D eigenvalue weighted by Gasteiger charge is 2.38. The van der Waals surface area contributed by atoms with E-state index in [1.807, 2.05) is 35.2 Å². The number of nitrogens with zero attached hydrogens (tertiary/aromatic N) is 1. The number of amides is 1. The zero-order chi connectivity index (χ0) is 17.4. The zero-order valence-corrected chi connectivity index (χ0v) is 17.3. The first kappa shape index (κ1) is 21.5. The molecule has 2 atom stereocenters. The minimum absolute atomic E-state index is 0. The Morgan fingerprint density at radius 1 is 0.963 bits per heavy atom. The van der Waals surface area contributed by atoms with Gasteiger partial charge in [0.25, 0.3) is 5.91 Å². The summed E-state index contributed by atoms with van der Waals surface area (Å²) < 4.78 is 0. The van der Waals surface area contributed by atoms with Crippen molar-refractivity contribution in [3.63, 3.8) is 0 Å². The van der Waals surface area contributed by atoms with Gasteiger partial charge in [0.2, 0.25) is 0 Å². The minimum atomic E-state index is 0. The standard InChI is InChI=1S/C21H25N3O.2ClH/c1-14-6-5-9-19(15(14)2)23-20-8-4-3-7-18(20)21(25)24-12-16-10-22-11-17(16)13-24;;/h3-9,16-17,22-23H,10-13H2,1-2H3;2*1H/t16-,17+;;. The molecule has 6 heteroatoms. The van der Waals surface area contributed by atoms with E-state index in [0.717, 1.165) is 43.1 Å². The van der Waals surface area contributed by atoms with E-state index >= 15 is 0 Å². The lowest BCUT2D eigenvalue weighted by atomic mass is 10.0. The van der Waals surface area contributed by atoms with Crippen LogP contribution < -0.4 is 10.6 Å². The average Bonchev–Trinajstić information content (AvgIpc) is 3.21. The van der Waals surface area contributed by atoms with Gasteiger partial charge in [-0.15, -0.1) is 24.8 Å². The third-order valence-corrected chi connectivity index (χ3v) is 5.71. The van der Waals surface area contributed by atoms with Gasteiger partial charge in [-0.1, -0.05) is 24.3 Å². The monoisotopic (exact) mass is 407 g/mol. The fourth-order valence-electron chi connectivity index (χ4n) is 4.00. The Hall–Kier alpha value is -1.75. The molecule has 0 spiro atoms. The largest absolute Gasteiger partial charge is 0.355 e. The SMILES string of the molecule is Cc1cccc(Nc2ccccc2C(=O)N2C[C@H]3CNC[C@H]3C2)c1C.Cl.Cl. The van der Waals surface area contributed by atoms with E-state index in [0.29, 0.717) is 11.8 Å². The van der Waals surface area contributed by atoms with Crippen molar-refractivity contribution < 1.29 is 4.79 Å². The fraction of sp³-hybridized carbons (Fsp3) is 0.381. The van der Waals surface area contributed by atoms with Crippen LogP contribution in [0.1, 0.15) is 21.5 Å². The molecule has 0 saturated carbocycles. The van der Waals surface area contributed by atoms with Gasteiger partial charge in [0.1, 0.15) is 0 Å². The van der Waals surface area contributed by atoms with Crippen LogP contribution >= 0.6 is 24.8 Å². The summed E-state index contributed by atoms with van der Waals surface area (Å²) in [5.41, 5.74) is 5.16. The van der Waals surface area contributed by atoms with Gasteiger partial charge in [0, 0.05) is 31.9 Å². The summed E-state index contributed by atoms with van der Waals surface area (Å²) in [4.78, 5) is 15.1. The Labute approximate surface area is 173 Å².